The molecule has 0 aliphatic rings. The Labute approximate surface area is 134 Å². The van der Waals surface area contributed by atoms with E-state index >= 15 is 0 Å². The molecule has 0 saturated heterocycles. The fourth-order valence-electron chi connectivity index (χ4n) is 1.73. The highest BCUT2D eigenvalue weighted by molar-refractivity contribution is 7.89. The molecule has 2 rings (SSSR count). The molecule has 0 heterocycles. The number of carbonyl (C=O) groups is 1. The Morgan fingerprint density at radius 3 is 2.17 bits per heavy atom. The van der Waals surface area contributed by atoms with Crippen molar-refractivity contribution in [2.75, 3.05) is 0 Å². The topological polar surface area (TPSA) is 75.3 Å². The van der Waals surface area contributed by atoms with Gasteiger partial charge in [0.05, 0.1) is 6.42 Å². The Morgan fingerprint density at radius 2 is 1.54 bits per heavy atom. The lowest BCUT2D eigenvalue weighted by Gasteiger charge is -2.09. The van der Waals surface area contributed by atoms with Crippen molar-refractivity contribution in [3.8, 4) is 0 Å². The van der Waals surface area contributed by atoms with Crippen molar-refractivity contribution >= 4 is 15.9 Å². The average molecular weight is 362 g/mol. The van der Waals surface area contributed by atoms with E-state index in [2.05, 4.69) is 0 Å². The summed E-state index contributed by atoms with van der Waals surface area (Å²) in [5.74, 6) is -6.74. The van der Waals surface area contributed by atoms with E-state index in [1.807, 2.05) is 0 Å². The fraction of sp³-hybridized carbons (Fsp3) is 0.0714. The number of hydrogen-bond donors (Lipinski definition) is 2. The summed E-state index contributed by atoms with van der Waals surface area (Å²) in [6.07, 6.45) is -0.289. The zero-order valence-electron chi connectivity index (χ0n) is 11.8. The molecule has 24 heavy (non-hydrogen) atoms. The lowest BCUT2D eigenvalue weighted by Crippen LogP contribution is -2.42. The fourth-order valence-corrected chi connectivity index (χ4v) is 2.66. The Balaban J connectivity index is 2.06. The van der Waals surface area contributed by atoms with Crippen molar-refractivity contribution in [2.45, 2.75) is 11.3 Å². The minimum Gasteiger partial charge on any atom is -0.277 e. The molecule has 128 valence electrons. The van der Waals surface area contributed by atoms with Crippen LogP contribution < -0.4 is 10.3 Å². The van der Waals surface area contributed by atoms with Crippen molar-refractivity contribution in [1.82, 2.24) is 10.3 Å². The van der Waals surface area contributed by atoms with E-state index in [0.717, 1.165) is 12.1 Å². The van der Waals surface area contributed by atoms with Gasteiger partial charge in [-0.3, -0.25) is 10.2 Å². The van der Waals surface area contributed by atoms with Gasteiger partial charge in [-0.1, -0.05) is 12.1 Å². The maximum absolute atomic E-state index is 13.5. The SMILES string of the molecule is O=C(Cc1ccc(F)cc1)NNS(=O)(=O)c1ccc(F)c(F)c1F. The quantitative estimate of drug-likeness (QED) is 0.484. The van der Waals surface area contributed by atoms with Crippen LogP contribution in [0.25, 0.3) is 0 Å². The van der Waals surface area contributed by atoms with Crippen LogP contribution in [0.1, 0.15) is 5.56 Å². The number of rotatable bonds is 5. The van der Waals surface area contributed by atoms with Gasteiger partial charge >= 0.3 is 0 Å². The van der Waals surface area contributed by atoms with Crippen LogP contribution in [0, 0.1) is 23.3 Å². The lowest BCUT2D eigenvalue weighted by molar-refractivity contribution is -0.120. The molecule has 0 bridgehead atoms. The van der Waals surface area contributed by atoms with Gasteiger partial charge in [-0.2, -0.15) is 0 Å². The van der Waals surface area contributed by atoms with Gasteiger partial charge in [-0.05, 0) is 29.8 Å². The summed E-state index contributed by atoms with van der Waals surface area (Å²) in [5.41, 5.74) is 2.19. The molecular formula is C14H10F4N2O3S. The molecule has 1 amide bonds. The van der Waals surface area contributed by atoms with Crippen molar-refractivity contribution in [3.63, 3.8) is 0 Å². The van der Waals surface area contributed by atoms with Crippen LogP contribution in [0.2, 0.25) is 0 Å². The Morgan fingerprint density at radius 1 is 0.917 bits per heavy atom. The summed E-state index contributed by atoms with van der Waals surface area (Å²) >= 11 is 0. The highest BCUT2D eigenvalue weighted by Crippen LogP contribution is 2.19. The zero-order valence-corrected chi connectivity index (χ0v) is 12.6. The molecule has 5 nitrogen and oxygen atoms in total. The molecule has 2 aromatic carbocycles. The zero-order chi connectivity index (χ0) is 17.9. The van der Waals surface area contributed by atoms with E-state index in [-0.39, 0.29) is 6.42 Å². The molecule has 2 N–H and O–H groups in total. The maximum Gasteiger partial charge on any atom is 0.260 e. The van der Waals surface area contributed by atoms with E-state index in [9.17, 15) is 30.8 Å². The van der Waals surface area contributed by atoms with Gasteiger partial charge in [0.2, 0.25) is 5.91 Å². The first-order chi connectivity index (χ1) is 11.2. The van der Waals surface area contributed by atoms with Gasteiger partial charge < -0.3 is 0 Å². The molecule has 0 fully saturated rings. The highest BCUT2D eigenvalue weighted by Gasteiger charge is 2.24. The van der Waals surface area contributed by atoms with E-state index in [0.29, 0.717) is 17.7 Å². The first-order valence-electron chi connectivity index (χ1n) is 6.39. The van der Waals surface area contributed by atoms with Gasteiger partial charge in [0.15, 0.2) is 17.5 Å². The van der Waals surface area contributed by atoms with Gasteiger partial charge in [0.25, 0.3) is 10.0 Å². The van der Waals surface area contributed by atoms with Gasteiger partial charge in [-0.15, -0.1) is 4.83 Å². The number of hydrogen-bond acceptors (Lipinski definition) is 3. The van der Waals surface area contributed by atoms with E-state index in [1.54, 1.807) is 10.3 Å². The molecule has 0 aliphatic heterocycles. The van der Waals surface area contributed by atoms with Crippen LogP contribution in [0.3, 0.4) is 0 Å². The first kappa shape index (κ1) is 17.9. The number of carbonyl (C=O) groups excluding carboxylic acids is 1. The van der Waals surface area contributed by atoms with E-state index < -0.39 is 44.1 Å². The Bertz CT molecular complexity index is 870. The first-order valence-corrected chi connectivity index (χ1v) is 7.87. The predicted molar refractivity (Wildman–Crippen MR) is 74.9 cm³/mol. The maximum atomic E-state index is 13.5. The summed E-state index contributed by atoms with van der Waals surface area (Å²) in [5, 5.41) is 0. The van der Waals surface area contributed by atoms with E-state index in [4.69, 9.17) is 0 Å². The predicted octanol–water partition coefficient (Wildman–Crippen LogP) is 1.80. The minimum absolute atomic E-state index is 0.289. The van der Waals surface area contributed by atoms with Crippen molar-refractivity contribution in [2.24, 2.45) is 0 Å². The number of sulfonamides is 1. The third-order valence-electron chi connectivity index (χ3n) is 2.89. The molecule has 0 radical (unpaired) electrons. The van der Waals surface area contributed by atoms with Crippen molar-refractivity contribution in [3.05, 3.63) is 65.2 Å². The van der Waals surface area contributed by atoms with Crippen molar-refractivity contribution < 1.29 is 30.8 Å². The number of benzene rings is 2. The second-order valence-corrected chi connectivity index (χ2v) is 6.28. The van der Waals surface area contributed by atoms with Crippen LogP contribution in [0.4, 0.5) is 17.6 Å². The molecule has 0 spiro atoms. The molecule has 0 aliphatic carbocycles. The summed E-state index contributed by atoms with van der Waals surface area (Å²) < 4.78 is 75.7. The van der Waals surface area contributed by atoms with Crippen LogP contribution in [0.15, 0.2) is 41.3 Å². The molecular weight excluding hydrogens is 352 g/mol. The lowest BCUT2D eigenvalue weighted by atomic mass is 10.1. The summed E-state index contributed by atoms with van der Waals surface area (Å²) in [4.78, 5) is 12.0. The monoisotopic (exact) mass is 362 g/mol. The average Bonchev–Trinajstić information content (AvgIpc) is 2.53. The van der Waals surface area contributed by atoms with E-state index in [1.165, 1.54) is 12.1 Å². The smallest absolute Gasteiger partial charge is 0.260 e. The standard InChI is InChI=1S/C14H10F4N2O3S/c15-9-3-1-8(2-4-9)7-12(21)19-20-24(22,23)11-6-5-10(16)13(17)14(11)18/h1-6,20H,7H2,(H,19,21). The van der Waals surface area contributed by atoms with Crippen LogP contribution in [-0.2, 0) is 21.2 Å². The number of nitrogens with one attached hydrogen (secondary N) is 2. The molecule has 2 aromatic rings. The number of amides is 1. The van der Waals surface area contributed by atoms with Gasteiger partial charge in [-0.25, -0.2) is 26.0 Å². The molecule has 0 atom stereocenters. The Hall–Kier alpha value is -2.46. The van der Waals surface area contributed by atoms with Crippen LogP contribution >= 0.6 is 0 Å². The molecule has 0 aromatic heterocycles. The number of halogens is 4. The molecule has 0 saturated carbocycles. The third-order valence-corrected chi connectivity index (χ3v) is 4.16. The summed E-state index contributed by atoms with van der Waals surface area (Å²) in [7, 11) is -4.65. The van der Waals surface area contributed by atoms with Gasteiger partial charge in [0, 0.05) is 0 Å². The number of hydrazine groups is 1. The summed E-state index contributed by atoms with van der Waals surface area (Å²) in [6.45, 7) is 0. The van der Waals surface area contributed by atoms with Gasteiger partial charge in [0.1, 0.15) is 10.7 Å². The Kier molecular flexibility index (Phi) is 5.20. The molecule has 10 heteroatoms. The van der Waals surface area contributed by atoms with Crippen LogP contribution in [0.5, 0.6) is 0 Å². The normalized spacial score (nSPS) is 11.3. The minimum atomic E-state index is -4.65. The largest absolute Gasteiger partial charge is 0.277 e. The molecule has 0 unspecified atom stereocenters. The highest BCUT2D eigenvalue weighted by atomic mass is 32.2. The summed E-state index contributed by atoms with van der Waals surface area (Å²) in [6, 6.07) is 5.82. The second kappa shape index (κ2) is 6.97. The third kappa shape index (κ3) is 4.09. The second-order valence-electron chi connectivity index (χ2n) is 4.63. The van der Waals surface area contributed by atoms with Crippen molar-refractivity contribution in [1.29, 1.82) is 0 Å². The van der Waals surface area contributed by atoms with Crippen LogP contribution in [-0.4, -0.2) is 14.3 Å².